The van der Waals surface area contributed by atoms with E-state index in [0.29, 0.717) is 6.04 Å². The predicted octanol–water partition coefficient (Wildman–Crippen LogP) is 2.65. The van der Waals surface area contributed by atoms with Crippen molar-refractivity contribution in [1.29, 1.82) is 0 Å². The molecule has 3 nitrogen and oxygen atoms in total. The van der Waals surface area contributed by atoms with E-state index in [-0.39, 0.29) is 6.42 Å². The van der Waals surface area contributed by atoms with Gasteiger partial charge in [0.1, 0.15) is 0 Å². The minimum atomic E-state index is -0.756. The summed E-state index contributed by atoms with van der Waals surface area (Å²) < 4.78 is 0. The standard InChI is InChI=1S/C13H19NO2S/c1-9(6-10-2-3-10)14-8-12-5-4-11(17-12)7-13(15)16/h4-5,9-10,14H,2-3,6-8H2,1H3,(H,15,16). The van der Waals surface area contributed by atoms with E-state index in [9.17, 15) is 4.79 Å². The summed E-state index contributed by atoms with van der Waals surface area (Å²) in [4.78, 5) is 12.7. The van der Waals surface area contributed by atoms with Crippen LogP contribution in [0, 0.1) is 5.92 Å². The molecule has 17 heavy (non-hydrogen) atoms. The van der Waals surface area contributed by atoms with Crippen LogP contribution in [0.5, 0.6) is 0 Å². The van der Waals surface area contributed by atoms with Crippen LogP contribution in [-0.2, 0) is 17.8 Å². The Morgan fingerprint density at radius 1 is 1.53 bits per heavy atom. The van der Waals surface area contributed by atoms with Gasteiger partial charge in [0.15, 0.2) is 0 Å². The molecule has 1 atom stereocenters. The monoisotopic (exact) mass is 253 g/mol. The van der Waals surface area contributed by atoms with Crippen LogP contribution < -0.4 is 5.32 Å². The Hall–Kier alpha value is -0.870. The fourth-order valence-corrected chi connectivity index (χ4v) is 2.93. The SMILES string of the molecule is CC(CC1CC1)NCc1ccc(CC(=O)O)s1. The van der Waals surface area contributed by atoms with Gasteiger partial charge in [0, 0.05) is 22.3 Å². The van der Waals surface area contributed by atoms with Gasteiger partial charge in [-0.1, -0.05) is 12.8 Å². The zero-order valence-electron chi connectivity index (χ0n) is 10.1. The summed E-state index contributed by atoms with van der Waals surface area (Å²) in [5.74, 6) is 0.192. The lowest BCUT2D eigenvalue weighted by Gasteiger charge is -2.11. The Morgan fingerprint density at radius 3 is 2.88 bits per heavy atom. The van der Waals surface area contributed by atoms with Crippen molar-refractivity contribution in [1.82, 2.24) is 5.32 Å². The Kier molecular flexibility index (Phi) is 4.18. The van der Waals surface area contributed by atoms with Gasteiger partial charge in [-0.25, -0.2) is 0 Å². The maximum absolute atomic E-state index is 10.6. The molecule has 1 aliphatic carbocycles. The number of thiophene rings is 1. The summed E-state index contributed by atoms with van der Waals surface area (Å²) in [6.45, 7) is 3.09. The molecule has 0 aromatic carbocycles. The van der Waals surface area contributed by atoms with Gasteiger partial charge in [0.05, 0.1) is 6.42 Å². The van der Waals surface area contributed by atoms with Gasteiger partial charge in [0.25, 0.3) is 0 Å². The molecular weight excluding hydrogens is 234 g/mol. The molecule has 0 spiro atoms. The zero-order chi connectivity index (χ0) is 12.3. The molecule has 1 fully saturated rings. The second-order valence-electron chi connectivity index (χ2n) is 4.90. The van der Waals surface area contributed by atoms with Crippen molar-refractivity contribution in [2.24, 2.45) is 5.92 Å². The van der Waals surface area contributed by atoms with Crippen LogP contribution in [0.3, 0.4) is 0 Å². The Bertz CT molecular complexity index is 385. The average Bonchev–Trinajstić information content (AvgIpc) is 2.94. The van der Waals surface area contributed by atoms with Crippen molar-refractivity contribution in [3.63, 3.8) is 0 Å². The molecule has 0 radical (unpaired) electrons. The molecule has 4 heteroatoms. The van der Waals surface area contributed by atoms with Gasteiger partial charge in [-0.05, 0) is 31.4 Å². The number of nitrogens with one attached hydrogen (secondary N) is 1. The fourth-order valence-electron chi connectivity index (χ4n) is 1.97. The summed E-state index contributed by atoms with van der Waals surface area (Å²) >= 11 is 1.59. The third-order valence-corrected chi connectivity index (χ3v) is 4.14. The first-order chi connectivity index (χ1) is 8.13. The van der Waals surface area contributed by atoms with Gasteiger partial charge < -0.3 is 10.4 Å². The maximum atomic E-state index is 10.6. The van der Waals surface area contributed by atoms with Crippen LogP contribution in [-0.4, -0.2) is 17.1 Å². The summed E-state index contributed by atoms with van der Waals surface area (Å²) in [7, 11) is 0. The van der Waals surface area contributed by atoms with Crippen molar-refractivity contribution < 1.29 is 9.90 Å². The first-order valence-electron chi connectivity index (χ1n) is 6.16. The predicted molar refractivity (Wildman–Crippen MR) is 69.3 cm³/mol. The van der Waals surface area contributed by atoms with Crippen LogP contribution in [0.15, 0.2) is 12.1 Å². The highest BCUT2D eigenvalue weighted by molar-refractivity contribution is 7.12. The smallest absolute Gasteiger partial charge is 0.308 e. The number of carbonyl (C=O) groups is 1. The van der Waals surface area contributed by atoms with Gasteiger partial charge in [0.2, 0.25) is 0 Å². The average molecular weight is 253 g/mol. The van der Waals surface area contributed by atoms with Gasteiger partial charge in [-0.3, -0.25) is 4.79 Å². The molecule has 1 aromatic heterocycles. The Labute approximate surface area is 106 Å². The molecule has 2 N–H and O–H groups in total. The topological polar surface area (TPSA) is 49.3 Å². The normalized spacial score (nSPS) is 17.0. The van der Waals surface area contributed by atoms with E-state index >= 15 is 0 Å². The molecule has 0 bridgehead atoms. The van der Waals surface area contributed by atoms with E-state index in [2.05, 4.69) is 12.2 Å². The molecule has 0 aliphatic heterocycles. The quantitative estimate of drug-likeness (QED) is 0.785. The van der Waals surface area contributed by atoms with Crippen LogP contribution in [0.4, 0.5) is 0 Å². The van der Waals surface area contributed by atoms with Gasteiger partial charge in [-0.2, -0.15) is 0 Å². The van der Waals surface area contributed by atoms with Crippen LogP contribution in [0.1, 0.15) is 35.9 Å². The summed E-state index contributed by atoms with van der Waals surface area (Å²) in [5, 5.41) is 12.2. The molecule has 94 valence electrons. The molecule has 1 heterocycles. The van der Waals surface area contributed by atoms with Crippen molar-refractivity contribution in [3.8, 4) is 0 Å². The molecule has 1 saturated carbocycles. The van der Waals surface area contributed by atoms with Crippen molar-refractivity contribution in [3.05, 3.63) is 21.9 Å². The van der Waals surface area contributed by atoms with Crippen LogP contribution in [0.25, 0.3) is 0 Å². The van der Waals surface area contributed by atoms with E-state index in [0.717, 1.165) is 17.3 Å². The summed E-state index contributed by atoms with van der Waals surface area (Å²) in [6.07, 6.45) is 4.21. The highest BCUT2D eigenvalue weighted by Gasteiger charge is 2.23. The van der Waals surface area contributed by atoms with Gasteiger partial charge in [-0.15, -0.1) is 11.3 Å². The minimum Gasteiger partial charge on any atom is -0.481 e. The summed E-state index contributed by atoms with van der Waals surface area (Å²) in [5.41, 5.74) is 0. The van der Waals surface area contributed by atoms with E-state index in [1.165, 1.54) is 24.1 Å². The first-order valence-corrected chi connectivity index (χ1v) is 6.98. The van der Waals surface area contributed by atoms with E-state index < -0.39 is 5.97 Å². The first kappa shape index (κ1) is 12.6. The highest BCUT2D eigenvalue weighted by Crippen LogP contribution is 2.33. The lowest BCUT2D eigenvalue weighted by molar-refractivity contribution is -0.136. The largest absolute Gasteiger partial charge is 0.481 e. The lowest BCUT2D eigenvalue weighted by atomic mass is 10.1. The number of carboxylic acids is 1. The number of hydrogen-bond acceptors (Lipinski definition) is 3. The van der Waals surface area contributed by atoms with Crippen LogP contribution >= 0.6 is 11.3 Å². The molecule has 1 aromatic rings. The van der Waals surface area contributed by atoms with Gasteiger partial charge >= 0.3 is 5.97 Å². The molecule has 0 saturated heterocycles. The van der Waals surface area contributed by atoms with E-state index in [1.54, 1.807) is 11.3 Å². The number of hydrogen-bond donors (Lipinski definition) is 2. The second kappa shape index (κ2) is 5.65. The van der Waals surface area contributed by atoms with Crippen molar-refractivity contribution in [2.75, 3.05) is 0 Å². The molecule has 2 rings (SSSR count). The van der Waals surface area contributed by atoms with E-state index in [1.807, 2.05) is 12.1 Å². The molecule has 0 amide bonds. The zero-order valence-corrected chi connectivity index (χ0v) is 10.9. The fraction of sp³-hybridized carbons (Fsp3) is 0.615. The van der Waals surface area contributed by atoms with Crippen LogP contribution in [0.2, 0.25) is 0 Å². The molecule has 1 unspecified atom stereocenters. The third-order valence-electron chi connectivity index (χ3n) is 3.05. The molecule has 1 aliphatic rings. The number of carboxylic acid groups (broad SMARTS) is 1. The highest BCUT2D eigenvalue weighted by atomic mass is 32.1. The maximum Gasteiger partial charge on any atom is 0.308 e. The summed E-state index contributed by atoms with van der Waals surface area (Å²) in [6, 6.07) is 4.51. The molecular formula is C13H19NO2S. The van der Waals surface area contributed by atoms with Crippen molar-refractivity contribution >= 4 is 17.3 Å². The van der Waals surface area contributed by atoms with Crippen molar-refractivity contribution in [2.45, 2.75) is 45.2 Å². The number of rotatable bonds is 7. The Balaban J connectivity index is 1.73. The Morgan fingerprint density at radius 2 is 2.24 bits per heavy atom. The minimum absolute atomic E-state index is 0.141. The van der Waals surface area contributed by atoms with E-state index in [4.69, 9.17) is 5.11 Å². The number of aliphatic carboxylic acids is 1. The third kappa shape index (κ3) is 4.48. The lowest BCUT2D eigenvalue weighted by Crippen LogP contribution is -2.25. The second-order valence-corrected chi connectivity index (χ2v) is 6.15.